The van der Waals surface area contributed by atoms with Gasteiger partial charge in [-0.2, -0.15) is 0 Å². The van der Waals surface area contributed by atoms with Crippen molar-refractivity contribution in [2.45, 2.75) is 26.9 Å². The summed E-state index contributed by atoms with van der Waals surface area (Å²) in [5.74, 6) is -2.92. The second kappa shape index (κ2) is 7.75. The van der Waals surface area contributed by atoms with Crippen LogP contribution in [0.5, 0.6) is 0 Å². The Morgan fingerprint density at radius 1 is 1.30 bits per heavy atom. The third-order valence-electron chi connectivity index (χ3n) is 2.56. The van der Waals surface area contributed by atoms with E-state index in [1.165, 1.54) is 11.3 Å². The number of aliphatic hydroxyl groups is 1. The molecule has 1 heterocycles. The number of rotatable bonds is 6. The van der Waals surface area contributed by atoms with Crippen LogP contribution < -0.4 is 0 Å². The molecule has 0 fully saturated rings. The van der Waals surface area contributed by atoms with Gasteiger partial charge in [0.15, 0.2) is 5.92 Å². The summed E-state index contributed by atoms with van der Waals surface area (Å²) in [7, 11) is 0. The fourth-order valence-electron chi connectivity index (χ4n) is 1.61. The molecule has 0 spiro atoms. The molecule has 0 saturated heterocycles. The van der Waals surface area contributed by atoms with Crippen LogP contribution >= 0.6 is 27.3 Å². The minimum absolute atomic E-state index is 0.134. The lowest BCUT2D eigenvalue weighted by atomic mass is 10.0. The summed E-state index contributed by atoms with van der Waals surface area (Å²) < 4.78 is 10.5. The van der Waals surface area contributed by atoms with E-state index in [1.54, 1.807) is 19.9 Å². The monoisotopic (exact) mass is 364 g/mol. The highest BCUT2D eigenvalue weighted by Gasteiger charge is 2.38. The van der Waals surface area contributed by atoms with Crippen LogP contribution in [0.4, 0.5) is 0 Å². The average molecular weight is 365 g/mol. The van der Waals surface area contributed by atoms with Crippen LogP contribution in [0.15, 0.2) is 10.5 Å². The molecule has 1 unspecified atom stereocenters. The number of aryl methyl sites for hydroxylation is 1. The minimum Gasteiger partial charge on any atom is -0.465 e. The summed E-state index contributed by atoms with van der Waals surface area (Å²) in [6.07, 6.45) is -1.27. The molecular formula is C13H17BrO5S. The minimum atomic E-state index is -1.36. The van der Waals surface area contributed by atoms with Gasteiger partial charge in [-0.05, 0) is 42.8 Å². The standard InChI is InChI=1S/C13H17BrO5S/c1-4-18-12(16)10(13(17)19-5-2)11(15)9-6-8(14)7(3)20-9/h6,10-11,15H,4-5H2,1-3H3. The fraction of sp³-hybridized carbons (Fsp3) is 0.538. The van der Waals surface area contributed by atoms with Gasteiger partial charge in [-0.1, -0.05) is 0 Å². The normalized spacial score (nSPS) is 12.3. The SMILES string of the molecule is CCOC(=O)C(C(=O)OCC)C(O)c1cc(Br)c(C)s1. The molecule has 0 aliphatic rings. The van der Waals surface area contributed by atoms with Crippen molar-refractivity contribution in [1.82, 2.24) is 0 Å². The Morgan fingerprint density at radius 3 is 2.15 bits per heavy atom. The third-order valence-corrected chi connectivity index (χ3v) is 4.77. The number of halogens is 1. The van der Waals surface area contributed by atoms with Gasteiger partial charge in [0.2, 0.25) is 0 Å². The van der Waals surface area contributed by atoms with Gasteiger partial charge >= 0.3 is 11.9 Å². The first-order chi connectivity index (χ1) is 9.42. The van der Waals surface area contributed by atoms with Crippen molar-refractivity contribution in [2.75, 3.05) is 13.2 Å². The highest BCUT2D eigenvalue weighted by Crippen LogP contribution is 2.34. The van der Waals surface area contributed by atoms with Crippen LogP contribution in [0.1, 0.15) is 29.7 Å². The first-order valence-corrected chi connectivity index (χ1v) is 7.80. The van der Waals surface area contributed by atoms with E-state index in [9.17, 15) is 14.7 Å². The summed E-state index contributed by atoms with van der Waals surface area (Å²) >= 11 is 4.65. The second-order valence-corrected chi connectivity index (χ2v) is 6.12. The van der Waals surface area contributed by atoms with E-state index in [-0.39, 0.29) is 13.2 Å². The Morgan fingerprint density at radius 2 is 1.80 bits per heavy atom. The van der Waals surface area contributed by atoms with Crippen LogP contribution in [-0.2, 0) is 19.1 Å². The Kier molecular flexibility index (Phi) is 6.64. The molecule has 0 amide bonds. The van der Waals surface area contributed by atoms with Crippen molar-refractivity contribution in [2.24, 2.45) is 5.92 Å². The molecule has 1 rings (SSSR count). The van der Waals surface area contributed by atoms with Crippen molar-refractivity contribution in [3.05, 3.63) is 20.3 Å². The molecule has 1 aromatic rings. The van der Waals surface area contributed by atoms with E-state index in [0.29, 0.717) is 4.88 Å². The molecule has 5 nitrogen and oxygen atoms in total. The zero-order valence-corrected chi connectivity index (χ0v) is 13.9. The summed E-state index contributed by atoms with van der Waals surface area (Å²) in [6.45, 7) is 5.41. The Labute approximate surface area is 130 Å². The van der Waals surface area contributed by atoms with Crippen LogP contribution in [0, 0.1) is 12.8 Å². The molecule has 0 bridgehead atoms. The number of ether oxygens (including phenoxy) is 2. The predicted molar refractivity (Wildman–Crippen MR) is 78.5 cm³/mol. The fourth-order valence-corrected chi connectivity index (χ4v) is 3.19. The topological polar surface area (TPSA) is 72.8 Å². The zero-order valence-electron chi connectivity index (χ0n) is 11.5. The highest BCUT2D eigenvalue weighted by atomic mass is 79.9. The number of thiophene rings is 1. The van der Waals surface area contributed by atoms with Crippen molar-refractivity contribution in [3.8, 4) is 0 Å². The molecule has 1 N–H and O–H groups in total. The maximum absolute atomic E-state index is 11.9. The van der Waals surface area contributed by atoms with Gasteiger partial charge in [0.1, 0.15) is 6.10 Å². The first kappa shape index (κ1) is 17.1. The van der Waals surface area contributed by atoms with Crippen molar-refractivity contribution >= 4 is 39.2 Å². The lowest BCUT2D eigenvalue weighted by Crippen LogP contribution is -2.33. The number of hydrogen-bond acceptors (Lipinski definition) is 6. The van der Waals surface area contributed by atoms with Crippen molar-refractivity contribution in [1.29, 1.82) is 0 Å². The molecule has 7 heteroatoms. The van der Waals surface area contributed by atoms with Gasteiger partial charge in [0.05, 0.1) is 13.2 Å². The van der Waals surface area contributed by atoms with Gasteiger partial charge in [0, 0.05) is 14.2 Å². The number of esters is 2. The zero-order chi connectivity index (χ0) is 15.3. The maximum atomic E-state index is 11.9. The van der Waals surface area contributed by atoms with E-state index in [2.05, 4.69) is 15.9 Å². The lowest BCUT2D eigenvalue weighted by molar-refractivity contribution is -0.167. The van der Waals surface area contributed by atoms with E-state index in [1.807, 2.05) is 6.92 Å². The molecule has 1 atom stereocenters. The number of hydrogen-bond donors (Lipinski definition) is 1. The van der Waals surface area contributed by atoms with Crippen molar-refractivity contribution in [3.63, 3.8) is 0 Å². The average Bonchev–Trinajstić information content (AvgIpc) is 2.70. The van der Waals surface area contributed by atoms with Crippen molar-refractivity contribution < 1.29 is 24.2 Å². The molecule has 0 saturated carbocycles. The molecule has 0 radical (unpaired) electrons. The predicted octanol–water partition coefficient (Wildman–Crippen LogP) is 2.59. The number of carbonyl (C=O) groups excluding carboxylic acids is 2. The summed E-state index contributed by atoms with van der Waals surface area (Å²) in [6, 6.07) is 1.69. The van der Waals surface area contributed by atoms with Crippen LogP contribution in [-0.4, -0.2) is 30.3 Å². The molecule has 0 aromatic carbocycles. The van der Waals surface area contributed by atoms with E-state index >= 15 is 0 Å². The Balaban J connectivity index is 3.02. The summed E-state index contributed by atoms with van der Waals surface area (Å²) in [5.41, 5.74) is 0. The van der Waals surface area contributed by atoms with E-state index < -0.39 is 24.0 Å². The molecular weight excluding hydrogens is 348 g/mol. The number of aliphatic hydroxyl groups excluding tert-OH is 1. The Bertz CT molecular complexity index is 448. The van der Waals surface area contributed by atoms with E-state index in [4.69, 9.17) is 9.47 Å². The van der Waals surface area contributed by atoms with Crippen LogP contribution in [0.3, 0.4) is 0 Å². The molecule has 20 heavy (non-hydrogen) atoms. The third kappa shape index (κ3) is 4.04. The first-order valence-electron chi connectivity index (χ1n) is 6.19. The van der Waals surface area contributed by atoms with Gasteiger partial charge < -0.3 is 14.6 Å². The lowest BCUT2D eigenvalue weighted by Gasteiger charge is -2.18. The summed E-state index contributed by atoms with van der Waals surface area (Å²) in [5, 5.41) is 10.3. The van der Waals surface area contributed by atoms with Gasteiger partial charge in [-0.15, -0.1) is 11.3 Å². The van der Waals surface area contributed by atoms with Gasteiger partial charge in [-0.3, -0.25) is 9.59 Å². The van der Waals surface area contributed by atoms with Crippen LogP contribution in [0.25, 0.3) is 0 Å². The smallest absolute Gasteiger partial charge is 0.323 e. The van der Waals surface area contributed by atoms with E-state index in [0.717, 1.165) is 9.35 Å². The summed E-state index contributed by atoms with van der Waals surface area (Å²) in [4.78, 5) is 25.2. The highest BCUT2D eigenvalue weighted by molar-refractivity contribution is 9.10. The Hall–Kier alpha value is -0.920. The largest absolute Gasteiger partial charge is 0.465 e. The second-order valence-electron chi connectivity index (χ2n) is 3.98. The molecule has 112 valence electrons. The molecule has 0 aliphatic carbocycles. The molecule has 0 aliphatic heterocycles. The van der Waals surface area contributed by atoms with Gasteiger partial charge in [-0.25, -0.2) is 0 Å². The molecule has 1 aromatic heterocycles. The van der Waals surface area contributed by atoms with Gasteiger partial charge in [0.25, 0.3) is 0 Å². The number of carbonyl (C=O) groups is 2. The van der Waals surface area contributed by atoms with Crippen LogP contribution in [0.2, 0.25) is 0 Å². The quantitative estimate of drug-likeness (QED) is 0.620. The maximum Gasteiger partial charge on any atom is 0.323 e.